The molecule has 0 aliphatic rings. The van der Waals surface area contributed by atoms with Gasteiger partial charge in [0.2, 0.25) is 0 Å². The monoisotopic (exact) mass is 198 g/mol. The van der Waals surface area contributed by atoms with Crippen molar-refractivity contribution < 1.29 is 14.7 Å². The van der Waals surface area contributed by atoms with E-state index in [-0.39, 0.29) is 24.0 Å². The summed E-state index contributed by atoms with van der Waals surface area (Å²) in [5, 5.41) is 9.58. The van der Waals surface area contributed by atoms with Crippen molar-refractivity contribution in [1.82, 2.24) is 0 Å². The van der Waals surface area contributed by atoms with E-state index in [2.05, 4.69) is 0 Å². The highest BCUT2D eigenvalue weighted by molar-refractivity contribution is 5.95. The molecule has 0 aliphatic heterocycles. The summed E-state index contributed by atoms with van der Waals surface area (Å²) in [4.78, 5) is 22.7. The maximum Gasteiger partial charge on any atom is 0.167 e. The van der Waals surface area contributed by atoms with Gasteiger partial charge in [-0.15, -0.1) is 0 Å². The van der Waals surface area contributed by atoms with Crippen LogP contribution in [0.4, 0.5) is 0 Å². The van der Waals surface area contributed by atoms with E-state index in [9.17, 15) is 14.7 Å². The van der Waals surface area contributed by atoms with Crippen molar-refractivity contribution in [3.8, 4) is 0 Å². The molecule has 0 bridgehead atoms. The minimum Gasteiger partial charge on any atom is -0.381 e. The lowest BCUT2D eigenvalue weighted by atomic mass is 9.86. The van der Waals surface area contributed by atoms with Crippen molar-refractivity contribution in [3.05, 3.63) is 6.92 Å². The molecule has 2 radical (unpaired) electrons. The molecule has 0 saturated heterocycles. The van der Waals surface area contributed by atoms with Crippen LogP contribution >= 0.6 is 0 Å². The number of carbonyl (C=O) groups is 2. The smallest absolute Gasteiger partial charge is 0.167 e. The van der Waals surface area contributed by atoms with Crippen LogP contribution < -0.4 is 0 Å². The highest BCUT2D eigenvalue weighted by Gasteiger charge is 2.35. The van der Waals surface area contributed by atoms with Gasteiger partial charge in [0.05, 0.1) is 0 Å². The summed E-state index contributed by atoms with van der Waals surface area (Å²) >= 11 is 0. The van der Waals surface area contributed by atoms with E-state index in [0.29, 0.717) is 0 Å². The Bertz CT molecular complexity index is 227. The van der Waals surface area contributed by atoms with E-state index in [0.717, 1.165) is 0 Å². The van der Waals surface area contributed by atoms with E-state index >= 15 is 0 Å². The Morgan fingerprint density at radius 3 is 1.93 bits per heavy atom. The summed E-state index contributed by atoms with van der Waals surface area (Å²) in [6, 6.07) is 0. The van der Waals surface area contributed by atoms with Gasteiger partial charge in [0.25, 0.3) is 0 Å². The molecule has 0 rings (SSSR count). The molecule has 0 aliphatic carbocycles. The molecule has 3 heteroatoms. The first-order valence-corrected chi connectivity index (χ1v) is 4.76. The van der Waals surface area contributed by atoms with Crippen LogP contribution in [0.25, 0.3) is 0 Å². The van der Waals surface area contributed by atoms with Crippen LogP contribution in [0.2, 0.25) is 0 Å². The first-order chi connectivity index (χ1) is 6.18. The van der Waals surface area contributed by atoms with E-state index in [1.54, 1.807) is 27.7 Å². The molecule has 0 amide bonds. The largest absolute Gasteiger partial charge is 0.381 e. The van der Waals surface area contributed by atoms with Crippen LogP contribution in [0.3, 0.4) is 0 Å². The van der Waals surface area contributed by atoms with Gasteiger partial charge in [0, 0.05) is 25.2 Å². The number of ketones is 2. The number of hydrogen-bond donors (Lipinski definition) is 1. The third kappa shape index (κ3) is 3.58. The van der Waals surface area contributed by atoms with E-state index in [1.165, 1.54) is 0 Å². The third-order valence-corrected chi connectivity index (χ3v) is 2.04. The van der Waals surface area contributed by atoms with Gasteiger partial charge >= 0.3 is 0 Å². The fraction of sp³-hybridized carbons (Fsp3) is 0.727. The molecule has 0 spiro atoms. The average Bonchev–Trinajstić information content (AvgIpc) is 2.01. The molecule has 80 valence electrons. The van der Waals surface area contributed by atoms with Gasteiger partial charge in [-0.1, -0.05) is 27.7 Å². The van der Waals surface area contributed by atoms with Gasteiger partial charge < -0.3 is 5.11 Å². The third-order valence-electron chi connectivity index (χ3n) is 2.04. The standard InChI is InChI=1S/C11H18O3/c1-7(2)9(12)6-11(5,14)10(13)8(3)4/h5,7-8,14H,6H2,1-4H3/t11-/m1/s1. The van der Waals surface area contributed by atoms with Crippen LogP contribution in [-0.4, -0.2) is 22.3 Å². The summed E-state index contributed by atoms with van der Waals surface area (Å²) in [5.41, 5.74) is -2.00. The van der Waals surface area contributed by atoms with Crippen LogP contribution in [0.15, 0.2) is 0 Å². The quantitative estimate of drug-likeness (QED) is 0.723. The fourth-order valence-corrected chi connectivity index (χ4v) is 1.06. The molecule has 0 aromatic rings. The molecule has 0 unspecified atom stereocenters. The zero-order valence-corrected chi connectivity index (χ0v) is 9.20. The predicted molar refractivity (Wildman–Crippen MR) is 53.6 cm³/mol. The normalized spacial score (nSPS) is 15.7. The van der Waals surface area contributed by atoms with Crippen LogP contribution in [0.1, 0.15) is 34.1 Å². The number of Topliss-reactive ketones (excluding diaryl/α,β-unsaturated/α-hetero) is 2. The Hall–Kier alpha value is -0.700. The second-order valence-electron chi connectivity index (χ2n) is 4.24. The summed E-state index contributed by atoms with van der Waals surface area (Å²) in [5.74, 6) is -1.29. The molecular formula is C11H18O3. The zero-order valence-electron chi connectivity index (χ0n) is 9.20. The van der Waals surface area contributed by atoms with E-state index < -0.39 is 11.4 Å². The molecule has 1 N–H and O–H groups in total. The van der Waals surface area contributed by atoms with Gasteiger partial charge in [-0.3, -0.25) is 9.59 Å². The zero-order chi connectivity index (χ0) is 11.5. The lowest BCUT2D eigenvalue weighted by Gasteiger charge is -2.23. The summed E-state index contributed by atoms with van der Waals surface area (Å²) in [6.45, 7) is 12.1. The Kier molecular flexibility index (Phi) is 4.46. The Morgan fingerprint density at radius 1 is 1.21 bits per heavy atom. The molecule has 0 fully saturated rings. The average molecular weight is 198 g/mol. The molecule has 0 saturated carbocycles. The lowest BCUT2D eigenvalue weighted by Crippen LogP contribution is -2.41. The van der Waals surface area contributed by atoms with Crippen molar-refractivity contribution in [3.63, 3.8) is 0 Å². The van der Waals surface area contributed by atoms with Crippen LogP contribution in [0, 0.1) is 18.8 Å². The van der Waals surface area contributed by atoms with E-state index in [1.807, 2.05) is 0 Å². The summed E-state index contributed by atoms with van der Waals surface area (Å²) in [7, 11) is 0. The molecule has 0 heterocycles. The minimum atomic E-state index is -2.00. The molecule has 0 aromatic carbocycles. The molecule has 14 heavy (non-hydrogen) atoms. The fourth-order valence-electron chi connectivity index (χ4n) is 1.06. The SMILES string of the molecule is [CH][C@@](O)(CC(=O)C(C)C)C(=O)C(C)C. The number of carbonyl (C=O) groups excluding carboxylic acids is 2. The second-order valence-corrected chi connectivity index (χ2v) is 4.24. The van der Waals surface area contributed by atoms with Crippen LogP contribution in [-0.2, 0) is 9.59 Å². The molecule has 0 aromatic heterocycles. The predicted octanol–water partition coefficient (Wildman–Crippen LogP) is 1.27. The summed E-state index contributed by atoms with van der Waals surface area (Å²) < 4.78 is 0. The first-order valence-electron chi connectivity index (χ1n) is 4.76. The van der Waals surface area contributed by atoms with Crippen molar-refractivity contribution in [2.45, 2.75) is 39.7 Å². The highest BCUT2D eigenvalue weighted by atomic mass is 16.3. The highest BCUT2D eigenvalue weighted by Crippen LogP contribution is 2.18. The van der Waals surface area contributed by atoms with E-state index in [4.69, 9.17) is 6.92 Å². The number of rotatable bonds is 5. The van der Waals surface area contributed by atoms with Crippen molar-refractivity contribution in [1.29, 1.82) is 0 Å². The van der Waals surface area contributed by atoms with Gasteiger partial charge in [0.15, 0.2) is 5.78 Å². The van der Waals surface area contributed by atoms with Gasteiger partial charge in [-0.2, -0.15) is 0 Å². The first kappa shape index (κ1) is 13.3. The van der Waals surface area contributed by atoms with Gasteiger partial charge in [0.1, 0.15) is 11.4 Å². The number of hydrogen-bond acceptors (Lipinski definition) is 3. The minimum absolute atomic E-state index is 0.205. The Balaban J connectivity index is 4.49. The van der Waals surface area contributed by atoms with Crippen LogP contribution in [0.5, 0.6) is 0 Å². The van der Waals surface area contributed by atoms with Crippen molar-refractivity contribution >= 4 is 11.6 Å². The lowest BCUT2D eigenvalue weighted by molar-refractivity contribution is -0.141. The molecule has 3 nitrogen and oxygen atoms in total. The molecule has 1 atom stereocenters. The second kappa shape index (κ2) is 4.69. The van der Waals surface area contributed by atoms with Crippen molar-refractivity contribution in [2.75, 3.05) is 0 Å². The Labute approximate surface area is 85.5 Å². The summed E-state index contributed by atoms with van der Waals surface area (Å²) in [6.07, 6.45) is -0.304. The van der Waals surface area contributed by atoms with Gasteiger partial charge in [-0.05, 0) is 0 Å². The van der Waals surface area contributed by atoms with Crippen molar-refractivity contribution in [2.24, 2.45) is 11.8 Å². The Morgan fingerprint density at radius 2 is 1.64 bits per heavy atom. The number of aliphatic hydroxyl groups is 1. The van der Waals surface area contributed by atoms with Gasteiger partial charge in [-0.25, -0.2) is 0 Å². The topological polar surface area (TPSA) is 54.4 Å². The maximum absolute atomic E-state index is 11.4. The maximum atomic E-state index is 11.4. The molecular weight excluding hydrogens is 180 g/mol.